The van der Waals surface area contributed by atoms with Gasteiger partial charge in [0, 0.05) is 23.2 Å². The molecule has 0 saturated heterocycles. The van der Waals surface area contributed by atoms with E-state index in [0.717, 1.165) is 17.0 Å². The number of carbonyl (C=O) groups is 1. The summed E-state index contributed by atoms with van der Waals surface area (Å²) in [4.78, 5) is 31.2. The van der Waals surface area contributed by atoms with Crippen LogP contribution in [0.25, 0.3) is 10.8 Å². The van der Waals surface area contributed by atoms with Crippen LogP contribution in [0, 0.1) is 20.8 Å². The highest BCUT2D eigenvalue weighted by atomic mass is 32.1. The van der Waals surface area contributed by atoms with Crippen molar-refractivity contribution in [1.29, 1.82) is 0 Å². The summed E-state index contributed by atoms with van der Waals surface area (Å²) in [5.74, 6) is 1.11. The van der Waals surface area contributed by atoms with Crippen LogP contribution in [0.3, 0.4) is 0 Å². The second-order valence-electron chi connectivity index (χ2n) is 5.57. The van der Waals surface area contributed by atoms with Gasteiger partial charge in [-0.25, -0.2) is 4.98 Å². The summed E-state index contributed by atoms with van der Waals surface area (Å²) in [5.41, 5.74) is 2.32. The van der Waals surface area contributed by atoms with Crippen LogP contribution in [0.4, 0.5) is 0 Å². The van der Waals surface area contributed by atoms with Crippen molar-refractivity contribution < 1.29 is 9.21 Å². The van der Waals surface area contributed by atoms with E-state index in [2.05, 4.69) is 15.3 Å². The molecule has 24 heavy (non-hydrogen) atoms. The molecule has 7 heteroatoms. The molecule has 124 valence electrons. The molecule has 0 unspecified atom stereocenters. The molecule has 6 nitrogen and oxygen atoms in total. The number of aryl methyl sites for hydroxylation is 3. The van der Waals surface area contributed by atoms with Crippen LogP contribution in [0.1, 0.15) is 33.1 Å². The Balaban J connectivity index is 1.72. The molecule has 3 aromatic heterocycles. The van der Waals surface area contributed by atoms with E-state index < -0.39 is 0 Å². The Morgan fingerprint density at radius 2 is 2.12 bits per heavy atom. The van der Waals surface area contributed by atoms with Crippen molar-refractivity contribution >= 4 is 17.2 Å². The zero-order valence-corrected chi connectivity index (χ0v) is 14.4. The Hall–Kier alpha value is -2.67. The Labute approximate surface area is 142 Å². The monoisotopic (exact) mass is 343 g/mol. The second kappa shape index (κ2) is 6.45. The van der Waals surface area contributed by atoms with E-state index in [1.165, 1.54) is 11.3 Å². The van der Waals surface area contributed by atoms with Crippen LogP contribution in [-0.4, -0.2) is 15.9 Å². The molecule has 0 aliphatic heterocycles. The number of pyridine rings is 1. The minimum absolute atomic E-state index is 0.160. The molecule has 0 aliphatic carbocycles. The fourth-order valence-corrected chi connectivity index (χ4v) is 3.16. The maximum atomic E-state index is 12.2. The van der Waals surface area contributed by atoms with Crippen LogP contribution in [-0.2, 0) is 6.54 Å². The molecule has 0 fully saturated rings. The van der Waals surface area contributed by atoms with Gasteiger partial charge in [-0.1, -0.05) is 0 Å². The third-order valence-electron chi connectivity index (χ3n) is 3.61. The van der Waals surface area contributed by atoms with Crippen molar-refractivity contribution in [3.05, 3.63) is 62.2 Å². The lowest BCUT2D eigenvalue weighted by Gasteiger charge is -2.07. The van der Waals surface area contributed by atoms with Gasteiger partial charge >= 0.3 is 0 Å². The van der Waals surface area contributed by atoms with Crippen molar-refractivity contribution in [3.63, 3.8) is 0 Å². The number of nitrogens with zero attached hydrogens (tertiary/aromatic N) is 1. The summed E-state index contributed by atoms with van der Waals surface area (Å²) >= 11 is 1.34. The van der Waals surface area contributed by atoms with Gasteiger partial charge in [0.2, 0.25) is 0 Å². The summed E-state index contributed by atoms with van der Waals surface area (Å²) in [6.07, 6.45) is 0. The summed E-state index contributed by atoms with van der Waals surface area (Å²) in [6, 6.07) is 5.55. The highest BCUT2D eigenvalue weighted by molar-refractivity contribution is 7.13. The van der Waals surface area contributed by atoms with Crippen LogP contribution in [0.5, 0.6) is 0 Å². The third kappa shape index (κ3) is 3.30. The minimum Gasteiger partial charge on any atom is -0.459 e. The molecule has 0 radical (unpaired) electrons. The first kappa shape index (κ1) is 16.2. The number of aromatic nitrogens is 2. The molecule has 3 heterocycles. The number of H-pyrrole nitrogens is 1. The summed E-state index contributed by atoms with van der Waals surface area (Å²) in [5, 5.41) is 5.07. The smallest absolute Gasteiger partial charge is 0.271 e. The standard InChI is InChI=1S/C17H17N3O3S/c1-9-6-10(2)19-15(21)12(9)7-18-16(22)13-8-24-17(20-13)14-5-4-11(3)23-14/h4-6,8H,7H2,1-3H3,(H,18,22)(H,19,21). The van der Waals surface area contributed by atoms with Gasteiger partial charge in [0.1, 0.15) is 11.5 Å². The van der Waals surface area contributed by atoms with Gasteiger partial charge in [0.25, 0.3) is 11.5 Å². The van der Waals surface area contributed by atoms with Crippen molar-refractivity contribution in [3.8, 4) is 10.8 Å². The lowest BCUT2D eigenvalue weighted by molar-refractivity contribution is 0.0946. The number of hydrogen-bond acceptors (Lipinski definition) is 5. The van der Waals surface area contributed by atoms with Gasteiger partial charge in [0.05, 0.1) is 0 Å². The first-order valence-corrected chi connectivity index (χ1v) is 8.32. The van der Waals surface area contributed by atoms with Crippen LogP contribution < -0.4 is 10.9 Å². The first-order chi connectivity index (χ1) is 11.4. The van der Waals surface area contributed by atoms with E-state index in [4.69, 9.17) is 4.42 Å². The Kier molecular flexibility index (Phi) is 4.35. The molecule has 0 atom stereocenters. The first-order valence-electron chi connectivity index (χ1n) is 7.44. The third-order valence-corrected chi connectivity index (χ3v) is 4.46. The highest BCUT2D eigenvalue weighted by Gasteiger charge is 2.14. The van der Waals surface area contributed by atoms with Crippen molar-refractivity contribution in [2.24, 2.45) is 0 Å². The highest BCUT2D eigenvalue weighted by Crippen LogP contribution is 2.25. The van der Waals surface area contributed by atoms with Gasteiger partial charge in [-0.05, 0) is 44.5 Å². The maximum Gasteiger partial charge on any atom is 0.271 e. The van der Waals surface area contributed by atoms with Gasteiger partial charge in [-0.3, -0.25) is 9.59 Å². The largest absolute Gasteiger partial charge is 0.459 e. The van der Waals surface area contributed by atoms with E-state index in [1.54, 1.807) is 5.38 Å². The number of hydrogen-bond donors (Lipinski definition) is 2. The molecule has 1 amide bonds. The van der Waals surface area contributed by atoms with E-state index in [1.807, 2.05) is 39.0 Å². The molecule has 0 aliphatic rings. The summed E-state index contributed by atoms with van der Waals surface area (Å²) < 4.78 is 5.51. The number of nitrogens with one attached hydrogen (secondary N) is 2. The molecular formula is C17H17N3O3S. The molecule has 3 aromatic rings. The number of furan rings is 1. The van der Waals surface area contributed by atoms with Gasteiger partial charge in [-0.2, -0.15) is 0 Å². The maximum absolute atomic E-state index is 12.2. The van der Waals surface area contributed by atoms with E-state index >= 15 is 0 Å². The molecule has 3 rings (SSSR count). The Morgan fingerprint density at radius 1 is 1.33 bits per heavy atom. The van der Waals surface area contributed by atoms with Crippen LogP contribution >= 0.6 is 11.3 Å². The van der Waals surface area contributed by atoms with Crippen molar-refractivity contribution in [1.82, 2.24) is 15.3 Å². The Bertz CT molecular complexity index is 952. The average molecular weight is 343 g/mol. The predicted octanol–water partition coefficient (Wildman–Crippen LogP) is 2.95. The SMILES string of the molecule is Cc1cc(C)c(CNC(=O)c2csc(-c3ccc(C)o3)n2)c(=O)[nH]1. The lowest BCUT2D eigenvalue weighted by atomic mass is 10.1. The van der Waals surface area contributed by atoms with E-state index in [-0.39, 0.29) is 18.0 Å². The topological polar surface area (TPSA) is 88.0 Å². The zero-order chi connectivity index (χ0) is 17.3. The van der Waals surface area contributed by atoms with Gasteiger partial charge in [-0.15, -0.1) is 11.3 Å². The van der Waals surface area contributed by atoms with Crippen LogP contribution in [0.15, 0.2) is 32.8 Å². The molecule has 0 aromatic carbocycles. The van der Waals surface area contributed by atoms with Gasteiger partial charge in [0.15, 0.2) is 10.8 Å². The zero-order valence-electron chi connectivity index (χ0n) is 13.6. The lowest BCUT2D eigenvalue weighted by Crippen LogP contribution is -2.28. The number of rotatable bonds is 4. The number of thiazole rings is 1. The second-order valence-corrected chi connectivity index (χ2v) is 6.43. The van der Waals surface area contributed by atoms with E-state index in [9.17, 15) is 9.59 Å². The van der Waals surface area contributed by atoms with Crippen molar-refractivity contribution in [2.75, 3.05) is 0 Å². The average Bonchev–Trinajstić information content (AvgIpc) is 3.14. The Morgan fingerprint density at radius 3 is 2.79 bits per heavy atom. The summed E-state index contributed by atoms with van der Waals surface area (Å²) in [7, 11) is 0. The fourth-order valence-electron chi connectivity index (χ4n) is 2.40. The van der Waals surface area contributed by atoms with Gasteiger partial charge < -0.3 is 14.7 Å². The normalized spacial score (nSPS) is 10.8. The molecular weight excluding hydrogens is 326 g/mol. The number of aromatic amines is 1. The quantitative estimate of drug-likeness (QED) is 0.762. The van der Waals surface area contributed by atoms with Crippen LogP contribution in [0.2, 0.25) is 0 Å². The van der Waals surface area contributed by atoms with E-state index in [0.29, 0.717) is 22.0 Å². The molecule has 2 N–H and O–H groups in total. The molecule has 0 spiro atoms. The number of amides is 1. The fraction of sp³-hybridized carbons (Fsp3) is 0.235. The van der Waals surface area contributed by atoms with Crippen molar-refractivity contribution in [2.45, 2.75) is 27.3 Å². The number of carbonyl (C=O) groups excluding carboxylic acids is 1. The minimum atomic E-state index is -0.319. The molecule has 0 bridgehead atoms. The summed E-state index contributed by atoms with van der Waals surface area (Å²) in [6.45, 7) is 5.69. The predicted molar refractivity (Wildman–Crippen MR) is 92.3 cm³/mol. The molecule has 0 saturated carbocycles.